The van der Waals surface area contributed by atoms with Gasteiger partial charge in [0.15, 0.2) is 0 Å². The van der Waals surface area contributed by atoms with E-state index in [0.29, 0.717) is 36.8 Å². The lowest BCUT2D eigenvalue weighted by atomic mass is 10.0. The number of amides is 1. The van der Waals surface area contributed by atoms with Gasteiger partial charge in [-0.1, -0.05) is 0 Å². The van der Waals surface area contributed by atoms with Crippen LogP contribution in [0.2, 0.25) is 0 Å². The highest BCUT2D eigenvalue weighted by molar-refractivity contribution is 5.96. The molecule has 0 unspecified atom stereocenters. The van der Waals surface area contributed by atoms with Gasteiger partial charge < -0.3 is 19.5 Å². The molecule has 2 saturated heterocycles. The molecule has 2 fully saturated rings. The number of piperidine rings is 1. The Kier molecular flexibility index (Phi) is 5.11. The smallest absolute Gasteiger partial charge is 0.230 e. The maximum absolute atomic E-state index is 12.1. The number of carbonyl (C=O) groups is 1. The number of hydrogen-bond donors (Lipinski definition) is 1. The standard InChI is InChI=1S/C20H27N5O2/c1-14-3-8-20(26)25(14)18-6-4-17(5-7-18)24-11-9-16(10-12-24)21-13-19-23-22-15(2)27-19/h4-7,14,16,21H,3,8-13H2,1-2H3/t14-/m0/s1. The summed E-state index contributed by atoms with van der Waals surface area (Å²) in [5, 5.41) is 11.4. The molecular weight excluding hydrogens is 342 g/mol. The van der Waals surface area contributed by atoms with Crippen molar-refractivity contribution in [3.8, 4) is 0 Å². The molecule has 1 aromatic carbocycles. The minimum absolute atomic E-state index is 0.235. The first-order chi connectivity index (χ1) is 13.1. The zero-order valence-corrected chi connectivity index (χ0v) is 16.0. The quantitative estimate of drug-likeness (QED) is 0.873. The van der Waals surface area contributed by atoms with Crippen LogP contribution in [0.5, 0.6) is 0 Å². The number of aryl methyl sites for hydroxylation is 1. The molecule has 0 spiro atoms. The molecule has 2 aromatic rings. The number of hydrogen-bond acceptors (Lipinski definition) is 6. The van der Waals surface area contributed by atoms with Crippen molar-refractivity contribution in [2.45, 2.75) is 58.2 Å². The van der Waals surface area contributed by atoms with Gasteiger partial charge in [-0.05, 0) is 50.5 Å². The number of aromatic nitrogens is 2. The predicted octanol–water partition coefficient (Wildman–Crippen LogP) is 2.65. The van der Waals surface area contributed by atoms with Crippen LogP contribution >= 0.6 is 0 Å². The van der Waals surface area contributed by atoms with E-state index < -0.39 is 0 Å². The highest BCUT2D eigenvalue weighted by atomic mass is 16.4. The van der Waals surface area contributed by atoms with Gasteiger partial charge in [-0.3, -0.25) is 4.79 Å². The average Bonchev–Trinajstić information content (AvgIpc) is 3.25. The van der Waals surface area contributed by atoms with Gasteiger partial charge in [0.05, 0.1) is 6.54 Å². The first kappa shape index (κ1) is 18.0. The monoisotopic (exact) mass is 369 g/mol. The third kappa shape index (κ3) is 3.98. The molecule has 1 N–H and O–H groups in total. The molecule has 0 radical (unpaired) electrons. The Bertz CT molecular complexity index is 780. The summed E-state index contributed by atoms with van der Waals surface area (Å²) in [5.41, 5.74) is 2.24. The molecule has 0 bridgehead atoms. The molecule has 7 heteroatoms. The minimum Gasteiger partial charge on any atom is -0.424 e. The number of carbonyl (C=O) groups excluding carboxylic acids is 1. The van der Waals surface area contributed by atoms with Gasteiger partial charge in [0.1, 0.15) is 0 Å². The Morgan fingerprint density at radius 3 is 2.41 bits per heavy atom. The summed E-state index contributed by atoms with van der Waals surface area (Å²) in [6, 6.07) is 9.21. The van der Waals surface area contributed by atoms with E-state index >= 15 is 0 Å². The molecule has 1 amide bonds. The van der Waals surface area contributed by atoms with E-state index in [9.17, 15) is 4.79 Å². The van der Waals surface area contributed by atoms with Gasteiger partial charge in [-0.25, -0.2) is 0 Å². The Labute approximate surface area is 159 Å². The second-order valence-electron chi connectivity index (χ2n) is 7.52. The van der Waals surface area contributed by atoms with Crippen LogP contribution in [0.15, 0.2) is 28.7 Å². The summed E-state index contributed by atoms with van der Waals surface area (Å²) >= 11 is 0. The number of nitrogens with zero attached hydrogens (tertiary/aromatic N) is 4. The molecule has 3 heterocycles. The molecule has 1 atom stereocenters. The van der Waals surface area contributed by atoms with Crippen LogP contribution in [-0.4, -0.2) is 41.3 Å². The zero-order chi connectivity index (χ0) is 18.8. The van der Waals surface area contributed by atoms with Crippen molar-refractivity contribution in [1.29, 1.82) is 0 Å². The number of benzene rings is 1. The van der Waals surface area contributed by atoms with Crippen LogP contribution in [0.25, 0.3) is 0 Å². The molecule has 2 aliphatic rings. The molecule has 0 saturated carbocycles. The van der Waals surface area contributed by atoms with Crippen LogP contribution in [0.3, 0.4) is 0 Å². The Balaban J connectivity index is 1.29. The van der Waals surface area contributed by atoms with Gasteiger partial charge in [0.25, 0.3) is 0 Å². The SMILES string of the molecule is Cc1nnc(CNC2CCN(c3ccc(N4C(=O)CC[C@@H]4C)cc3)CC2)o1. The van der Waals surface area contributed by atoms with E-state index in [0.717, 1.165) is 38.0 Å². The third-order valence-corrected chi connectivity index (χ3v) is 5.58. The van der Waals surface area contributed by atoms with Gasteiger partial charge in [0.2, 0.25) is 17.7 Å². The Hall–Kier alpha value is -2.41. The summed E-state index contributed by atoms with van der Waals surface area (Å²) in [7, 11) is 0. The summed E-state index contributed by atoms with van der Waals surface area (Å²) in [4.78, 5) is 16.4. The minimum atomic E-state index is 0.235. The highest BCUT2D eigenvalue weighted by Gasteiger charge is 2.28. The number of anilines is 2. The van der Waals surface area contributed by atoms with Crippen LogP contribution in [0.4, 0.5) is 11.4 Å². The molecule has 0 aliphatic carbocycles. The van der Waals surface area contributed by atoms with E-state index in [1.165, 1.54) is 5.69 Å². The van der Waals surface area contributed by atoms with E-state index in [2.05, 4.69) is 51.6 Å². The summed E-state index contributed by atoms with van der Waals surface area (Å²) in [6.07, 6.45) is 3.77. The highest BCUT2D eigenvalue weighted by Crippen LogP contribution is 2.29. The van der Waals surface area contributed by atoms with Crippen molar-refractivity contribution < 1.29 is 9.21 Å². The summed E-state index contributed by atoms with van der Waals surface area (Å²) < 4.78 is 5.41. The summed E-state index contributed by atoms with van der Waals surface area (Å²) in [6.45, 7) is 6.58. The second-order valence-corrected chi connectivity index (χ2v) is 7.52. The second kappa shape index (κ2) is 7.68. The molecule has 1 aromatic heterocycles. The largest absolute Gasteiger partial charge is 0.424 e. The number of rotatable bonds is 5. The summed E-state index contributed by atoms with van der Waals surface area (Å²) in [5.74, 6) is 1.49. The third-order valence-electron chi connectivity index (χ3n) is 5.58. The van der Waals surface area contributed by atoms with Crippen molar-refractivity contribution in [2.24, 2.45) is 0 Å². The van der Waals surface area contributed by atoms with E-state index in [1.54, 1.807) is 6.92 Å². The fraction of sp³-hybridized carbons (Fsp3) is 0.550. The van der Waals surface area contributed by atoms with Crippen molar-refractivity contribution in [3.63, 3.8) is 0 Å². The van der Waals surface area contributed by atoms with Crippen molar-refractivity contribution in [3.05, 3.63) is 36.0 Å². The Morgan fingerprint density at radius 1 is 1.11 bits per heavy atom. The van der Waals surface area contributed by atoms with Gasteiger partial charge in [0, 0.05) is 49.9 Å². The molecular formula is C20H27N5O2. The predicted molar refractivity (Wildman–Crippen MR) is 104 cm³/mol. The first-order valence-corrected chi connectivity index (χ1v) is 9.79. The van der Waals surface area contributed by atoms with Crippen LogP contribution in [0, 0.1) is 6.92 Å². The lowest BCUT2D eigenvalue weighted by molar-refractivity contribution is -0.117. The van der Waals surface area contributed by atoms with Gasteiger partial charge in [-0.15, -0.1) is 10.2 Å². The molecule has 7 nitrogen and oxygen atoms in total. The molecule has 144 valence electrons. The van der Waals surface area contributed by atoms with Crippen molar-refractivity contribution >= 4 is 17.3 Å². The topological polar surface area (TPSA) is 74.5 Å². The van der Waals surface area contributed by atoms with E-state index in [4.69, 9.17) is 4.42 Å². The van der Waals surface area contributed by atoms with Gasteiger partial charge in [-0.2, -0.15) is 0 Å². The molecule has 2 aliphatic heterocycles. The van der Waals surface area contributed by atoms with Crippen LogP contribution < -0.4 is 15.1 Å². The molecule has 27 heavy (non-hydrogen) atoms. The normalized spacial score (nSPS) is 21.3. The van der Waals surface area contributed by atoms with Crippen molar-refractivity contribution in [2.75, 3.05) is 22.9 Å². The lowest BCUT2D eigenvalue weighted by Crippen LogP contribution is -2.42. The fourth-order valence-electron chi connectivity index (χ4n) is 4.03. The van der Waals surface area contributed by atoms with Crippen LogP contribution in [-0.2, 0) is 11.3 Å². The maximum Gasteiger partial charge on any atom is 0.230 e. The van der Waals surface area contributed by atoms with E-state index in [-0.39, 0.29) is 5.91 Å². The maximum atomic E-state index is 12.1. The fourth-order valence-corrected chi connectivity index (χ4v) is 4.03. The van der Waals surface area contributed by atoms with Crippen molar-refractivity contribution in [1.82, 2.24) is 15.5 Å². The van der Waals surface area contributed by atoms with Crippen LogP contribution in [0.1, 0.15) is 44.4 Å². The molecule has 4 rings (SSSR count). The van der Waals surface area contributed by atoms with E-state index in [1.807, 2.05) is 4.90 Å². The average molecular weight is 369 g/mol. The lowest BCUT2D eigenvalue weighted by Gasteiger charge is -2.34. The zero-order valence-electron chi connectivity index (χ0n) is 16.0. The van der Waals surface area contributed by atoms with Gasteiger partial charge >= 0.3 is 0 Å². The Morgan fingerprint density at radius 2 is 1.81 bits per heavy atom. The first-order valence-electron chi connectivity index (χ1n) is 9.79. The number of nitrogens with one attached hydrogen (secondary N) is 1.